The number of aliphatic hydroxyl groups excluding tert-OH is 1. The van der Waals surface area contributed by atoms with Crippen LogP contribution in [0.3, 0.4) is 0 Å². The zero-order chi connectivity index (χ0) is 12.2. The first kappa shape index (κ1) is 16.3. The summed E-state index contributed by atoms with van der Waals surface area (Å²) in [6.07, 6.45) is 5.03. The highest BCUT2D eigenvalue weighted by Crippen LogP contribution is 2.12. The molecule has 16 heavy (non-hydrogen) atoms. The lowest BCUT2D eigenvalue weighted by molar-refractivity contribution is 0.250. The maximum Gasteiger partial charge on any atom is 0.0464 e. The van der Waals surface area contributed by atoms with Gasteiger partial charge in [0, 0.05) is 12.6 Å². The molecule has 0 rings (SSSR count). The number of thioether (sulfide) groups is 1. The van der Waals surface area contributed by atoms with Crippen LogP contribution in [0.1, 0.15) is 46.5 Å². The molecule has 0 aromatic heterocycles. The third kappa shape index (κ3) is 9.49. The Bertz CT molecular complexity index is 144. The van der Waals surface area contributed by atoms with Gasteiger partial charge >= 0.3 is 0 Å². The highest BCUT2D eigenvalue weighted by Gasteiger charge is 2.04. The zero-order valence-corrected chi connectivity index (χ0v) is 12.0. The van der Waals surface area contributed by atoms with Crippen LogP contribution in [-0.4, -0.2) is 35.8 Å². The van der Waals surface area contributed by atoms with Gasteiger partial charge in [0.05, 0.1) is 0 Å². The minimum absolute atomic E-state index is 0.322. The normalized spacial score (nSPS) is 15.0. The van der Waals surface area contributed by atoms with Gasteiger partial charge in [-0.2, -0.15) is 11.8 Å². The third-order valence-corrected chi connectivity index (χ3v) is 4.11. The van der Waals surface area contributed by atoms with Crippen molar-refractivity contribution in [2.45, 2.75) is 52.5 Å². The lowest BCUT2D eigenvalue weighted by atomic mass is 10.1. The summed E-state index contributed by atoms with van der Waals surface area (Å²) in [5, 5.41) is 12.5. The van der Waals surface area contributed by atoms with Gasteiger partial charge in [-0.15, -0.1) is 0 Å². The third-order valence-electron chi connectivity index (χ3n) is 2.73. The second kappa shape index (κ2) is 11.7. The largest absolute Gasteiger partial charge is 0.396 e. The Kier molecular flexibility index (Phi) is 11.9. The van der Waals surface area contributed by atoms with Crippen molar-refractivity contribution in [2.24, 2.45) is 5.92 Å². The molecule has 2 atom stereocenters. The Morgan fingerprint density at radius 1 is 1.31 bits per heavy atom. The smallest absolute Gasteiger partial charge is 0.0464 e. The first-order valence-corrected chi connectivity index (χ1v) is 7.82. The first-order valence-electron chi connectivity index (χ1n) is 6.66. The molecule has 2 N–H and O–H groups in total. The zero-order valence-electron chi connectivity index (χ0n) is 11.2. The van der Waals surface area contributed by atoms with Gasteiger partial charge in [-0.1, -0.05) is 20.8 Å². The minimum Gasteiger partial charge on any atom is -0.396 e. The van der Waals surface area contributed by atoms with E-state index < -0.39 is 0 Å². The van der Waals surface area contributed by atoms with Crippen LogP contribution < -0.4 is 5.32 Å². The van der Waals surface area contributed by atoms with Crippen molar-refractivity contribution >= 4 is 11.8 Å². The Hall–Kier alpha value is 0.270. The van der Waals surface area contributed by atoms with E-state index in [0.29, 0.717) is 18.6 Å². The van der Waals surface area contributed by atoms with Crippen LogP contribution in [-0.2, 0) is 0 Å². The standard InChI is InChI=1S/C13H29NOS/c1-4-8-14-13(5-2)7-6-9-16-11-12(3)10-15/h12-15H,4-11H2,1-3H3. The summed E-state index contributed by atoms with van der Waals surface area (Å²) in [5.74, 6) is 2.77. The number of hydrogen-bond donors (Lipinski definition) is 2. The molecule has 0 aliphatic rings. The summed E-state index contributed by atoms with van der Waals surface area (Å²) in [5.41, 5.74) is 0. The van der Waals surface area contributed by atoms with Gasteiger partial charge in [-0.25, -0.2) is 0 Å². The van der Waals surface area contributed by atoms with Crippen molar-refractivity contribution in [3.8, 4) is 0 Å². The molecule has 0 amide bonds. The fraction of sp³-hybridized carbons (Fsp3) is 1.00. The van der Waals surface area contributed by atoms with E-state index in [2.05, 4.69) is 26.1 Å². The Labute approximate surface area is 106 Å². The average Bonchev–Trinajstić information content (AvgIpc) is 2.32. The van der Waals surface area contributed by atoms with E-state index >= 15 is 0 Å². The molecule has 2 unspecified atom stereocenters. The fourth-order valence-corrected chi connectivity index (χ4v) is 2.61. The molecule has 98 valence electrons. The second-order valence-corrected chi connectivity index (χ2v) is 5.71. The average molecular weight is 247 g/mol. The lowest BCUT2D eigenvalue weighted by Crippen LogP contribution is -2.29. The molecule has 0 aliphatic heterocycles. The van der Waals surface area contributed by atoms with Gasteiger partial charge < -0.3 is 10.4 Å². The topological polar surface area (TPSA) is 32.3 Å². The van der Waals surface area contributed by atoms with Crippen molar-refractivity contribution in [3.05, 3.63) is 0 Å². The fourth-order valence-electron chi connectivity index (χ4n) is 1.57. The molecule has 0 saturated carbocycles. The summed E-state index contributed by atoms with van der Waals surface area (Å²) < 4.78 is 0. The summed E-state index contributed by atoms with van der Waals surface area (Å²) >= 11 is 1.97. The van der Waals surface area contributed by atoms with E-state index in [1.807, 2.05) is 11.8 Å². The summed E-state index contributed by atoms with van der Waals surface area (Å²) in [4.78, 5) is 0. The maximum absolute atomic E-state index is 8.89. The van der Waals surface area contributed by atoms with Crippen LogP contribution in [0.5, 0.6) is 0 Å². The van der Waals surface area contributed by atoms with E-state index in [4.69, 9.17) is 5.11 Å². The molecular formula is C13H29NOS. The molecule has 0 spiro atoms. The van der Waals surface area contributed by atoms with Crippen LogP contribution in [0, 0.1) is 5.92 Å². The molecule has 3 heteroatoms. The van der Waals surface area contributed by atoms with E-state index in [9.17, 15) is 0 Å². The van der Waals surface area contributed by atoms with Gasteiger partial charge in [0.25, 0.3) is 0 Å². The highest BCUT2D eigenvalue weighted by molar-refractivity contribution is 7.99. The van der Waals surface area contributed by atoms with Crippen molar-refractivity contribution < 1.29 is 5.11 Å². The van der Waals surface area contributed by atoms with Gasteiger partial charge in [-0.3, -0.25) is 0 Å². The molecule has 0 aromatic rings. The van der Waals surface area contributed by atoms with Crippen LogP contribution >= 0.6 is 11.8 Å². The second-order valence-electron chi connectivity index (χ2n) is 4.56. The molecule has 2 nitrogen and oxygen atoms in total. The van der Waals surface area contributed by atoms with E-state index in [1.165, 1.54) is 31.4 Å². The van der Waals surface area contributed by atoms with Crippen molar-refractivity contribution in [1.29, 1.82) is 0 Å². The summed E-state index contributed by atoms with van der Waals surface area (Å²) in [6.45, 7) is 8.04. The molecule has 0 bridgehead atoms. The first-order chi connectivity index (χ1) is 7.74. The van der Waals surface area contributed by atoms with Crippen molar-refractivity contribution in [1.82, 2.24) is 5.32 Å². The van der Waals surface area contributed by atoms with Crippen LogP contribution in [0.4, 0.5) is 0 Å². The van der Waals surface area contributed by atoms with E-state index in [-0.39, 0.29) is 0 Å². The SMILES string of the molecule is CCCNC(CC)CCCSCC(C)CO. The minimum atomic E-state index is 0.322. The lowest BCUT2D eigenvalue weighted by Gasteiger charge is -2.16. The molecular weight excluding hydrogens is 218 g/mol. The Morgan fingerprint density at radius 2 is 2.06 bits per heavy atom. The van der Waals surface area contributed by atoms with Gasteiger partial charge in [-0.05, 0) is 49.7 Å². The van der Waals surface area contributed by atoms with Crippen LogP contribution in [0.2, 0.25) is 0 Å². The molecule has 0 heterocycles. The van der Waals surface area contributed by atoms with E-state index in [0.717, 1.165) is 12.3 Å². The Morgan fingerprint density at radius 3 is 2.62 bits per heavy atom. The monoisotopic (exact) mass is 247 g/mol. The molecule has 0 aromatic carbocycles. The maximum atomic E-state index is 8.89. The number of nitrogens with one attached hydrogen (secondary N) is 1. The van der Waals surface area contributed by atoms with Crippen molar-refractivity contribution in [3.63, 3.8) is 0 Å². The molecule has 0 fully saturated rings. The van der Waals surface area contributed by atoms with Crippen LogP contribution in [0.15, 0.2) is 0 Å². The van der Waals surface area contributed by atoms with E-state index in [1.54, 1.807) is 0 Å². The summed E-state index contributed by atoms with van der Waals surface area (Å²) in [6, 6.07) is 0.704. The molecule has 0 aliphatic carbocycles. The number of rotatable bonds is 11. The van der Waals surface area contributed by atoms with Gasteiger partial charge in [0.15, 0.2) is 0 Å². The molecule has 0 saturated heterocycles. The van der Waals surface area contributed by atoms with Crippen molar-refractivity contribution in [2.75, 3.05) is 24.7 Å². The quantitative estimate of drug-likeness (QED) is 0.551. The number of hydrogen-bond acceptors (Lipinski definition) is 3. The predicted molar refractivity (Wildman–Crippen MR) is 75.2 cm³/mol. The number of aliphatic hydroxyl groups is 1. The highest BCUT2D eigenvalue weighted by atomic mass is 32.2. The van der Waals surface area contributed by atoms with Crippen LogP contribution in [0.25, 0.3) is 0 Å². The Balaban J connectivity index is 3.33. The van der Waals surface area contributed by atoms with Gasteiger partial charge in [0.2, 0.25) is 0 Å². The summed E-state index contributed by atoms with van der Waals surface area (Å²) in [7, 11) is 0. The van der Waals surface area contributed by atoms with Gasteiger partial charge in [0.1, 0.15) is 0 Å². The predicted octanol–water partition coefficient (Wildman–Crippen LogP) is 2.91. The molecule has 0 radical (unpaired) electrons.